The molecular formula is C38H31BrIN3O6S. The van der Waals surface area contributed by atoms with E-state index in [9.17, 15) is 19.7 Å². The number of hydrogen-bond donors (Lipinski definition) is 0. The Morgan fingerprint density at radius 2 is 1.78 bits per heavy atom. The molecule has 0 aliphatic carbocycles. The quantitative estimate of drug-likeness (QED) is 0.0611. The van der Waals surface area contributed by atoms with Gasteiger partial charge in [-0.05, 0) is 82.5 Å². The van der Waals surface area contributed by atoms with E-state index in [4.69, 9.17) is 14.5 Å². The van der Waals surface area contributed by atoms with Gasteiger partial charge in [0.15, 0.2) is 4.80 Å². The van der Waals surface area contributed by atoms with Crippen molar-refractivity contribution in [2.75, 3.05) is 6.61 Å². The first-order chi connectivity index (χ1) is 24.0. The summed E-state index contributed by atoms with van der Waals surface area (Å²) in [5, 5.41) is 11.1. The molecule has 2 heterocycles. The number of carbonyl (C=O) groups excluding carboxylic acids is 1. The zero-order valence-corrected chi connectivity index (χ0v) is 31.8. The summed E-state index contributed by atoms with van der Waals surface area (Å²) in [5.41, 5.74) is 4.48. The Morgan fingerprint density at radius 1 is 1.08 bits per heavy atom. The lowest BCUT2D eigenvalue weighted by Gasteiger charge is -2.26. The summed E-state index contributed by atoms with van der Waals surface area (Å²) < 4.78 is 15.4. The van der Waals surface area contributed by atoms with Crippen molar-refractivity contribution >= 4 is 73.3 Å². The van der Waals surface area contributed by atoms with Crippen molar-refractivity contribution in [3.05, 3.63) is 162 Å². The van der Waals surface area contributed by atoms with E-state index in [0.717, 1.165) is 30.3 Å². The molecule has 254 valence electrons. The van der Waals surface area contributed by atoms with Gasteiger partial charge in [0.05, 0.1) is 36.9 Å². The normalized spacial score (nSPS) is 14.4. The Morgan fingerprint density at radius 3 is 2.42 bits per heavy atom. The highest BCUT2D eigenvalue weighted by Crippen LogP contribution is 2.36. The van der Waals surface area contributed by atoms with E-state index in [1.165, 1.54) is 23.5 Å². The summed E-state index contributed by atoms with van der Waals surface area (Å²) in [6.07, 6.45) is 1.77. The molecular weight excluding hydrogens is 833 g/mol. The minimum absolute atomic E-state index is 0.00117. The lowest BCUT2D eigenvalue weighted by molar-refractivity contribution is -0.384. The van der Waals surface area contributed by atoms with E-state index in [1.54, 1.807) is 29.7 Å². The van der Waals surface area contributed by atoms with Crippen molar-refractivity contribution in [1.29, 1.82) is 0 Å². The largest absolute Gasteiger partial charge is 0.487 e. The first-order valence-electron chi connectivity index (χ1n) is 15.8. The molecule has 50 heavy (non-hydrogen) atoms. The zero-order chi connectivity index (χ0) is 35.5. The van der Waals surface area contributed by atoms with Crippen LogP contribution in [-0.2, 0) is 16.1 Å². The Balaban J connectivity index is 1.52. The number of ether oxygens (including phenoxy) is 2. The van der Waals surface area contributed by atoms with Crippen LogP contribution in [0.3, 0.4) is 0 Å². The SMILES string of the molecule is CCOC(=O)C1=C(c2ccccc2)N=c2s/c(=C\c3cc(Br)cc(I)c3OCc3ccc([N+](=O)[O-])cc3)c(=O)n2[C@H]1c1ccc(C(C)C)cc1. The molecule has 0 unspecified atom stereocenters. The molecule has 0 N–H and O–H groups in total. The summed E-state index contributed by atoms with van der Waals surface area (Å²) in [5.74, 6) is 0.317. The molecule has 0 saturated carbocycles. The van der Waals surface area contributed by atoms with Crippen molar-refractivity contribution in [1.82, 2.24) is 4.57 Å². The number of esters is 1. The molecule has 0 spiro atoms. The third kappa shape index (κ3) is 7.37. The van der Waals surface area contributed by atoms with Gasteiger partial charge in [-0.15, -0.1) is 0 Å². The second-order valence-corrected chi connectivity index (χ2v) is 14.9. The summed E-state index contributed by atoms with van der Waals surface area (Å²) in [4.78, 5) is 44.4. The molecule has 1 aliphatic heterocycles. The summed E-state index contributed by atoms with van der Waals surface area (Å²) in [7, 11) is 0. The van der Waals surface area contributed by atoms with E-state index in [2.05, 4.69) is 52.4 Å². The van der Waals surface area contributed by atoms with Gasteiger partial charge in [-0.2, -0.15) is 0 Å². The van der Waals surface area contributed by atoms with Crippen LogP contribution in [-0.4, -0.2) is 22.1 Å². The molecule has 1 aromatic heterocycles. The number of hydrogen-bond acceptors (Lipinski definition) is 8. The van der Waals surface area contributed by atoms with E-state index in [0.29, 0.717) is 37.8 Å². The highest BCUT2D eigenvalue weighted by atomic mass is 127. The van der Waals surface area contributed by atoms with E-state index in [-0.39, 0.29) is 24.5 Å². The second-order valence-electron chi connectivity index (χ2n) is 11.8. The van der Waals surface area contributed by atoms with Crippen LogP contribution in [0.25, 0.3) is 11.8 Å². The Kier molecular flexibility index (Phi) is 10.8. The summed E-state index contributed by atoms with van der Waals surface area (Å²) >= 11 is 6.99. The topological polar surface area (TPSA) is 113 Å². The molecule has 0 amide bonds. The molecule has 0 fully saturated rings. The Hall–Kier alpha value is -4.40. The lowest BCUT2D eigenvalue weighted by Crippen LogP contribution is -2.40. The molecule has 5 aromatic rings. The van der Waals surface area contributed by atoms with E-state index in [1.807, 2.05) is 66.7 Å². The fraction of sp³-hybridized carbons (Fsp3) is 0.184. The lowest BCUT2D eigenvalue weighted by atomic mass is 9.91. The summed E-state index contributed by atoms with van der Waals surface area (Å²) in [6.45, 7) is 6.31. The van der Waals surface area contributed by atoms with Gasteiger partial charge in [-0.3, -0.25) is 19.5 Å². The van der Waals surface area contributed by atoms with Gasteiger partial charge in [0, 0.05) is 27.7 Å². The number of aromatic nitrogens is 1. The first kappa shape index (κ1) is 35.4. The van der Waals surface area contributed by atoms with E-state index < -0.39 is 16.9 Å². The molecule has 1 aliphatic rings. The Labute approximate surface area is 314 Å². The number of nitro groups is 1. The fourth-order valence-corrected chi connectivity index (χ4v) is 8.37. The molecule has 0 saturated heterocycles. The van der Waals surface area contributed by atoms with Gasteiger partial charge in [-0.25, -0.2) is 9.79 Å². The number of carbonyl (C=O) groups is 1. The van der Waals surface area contributed by atoms with Crippen molar-refractivity contribution in [2.45, 2.75) is 39.3 Å². The standard InChI is InChI=1S/C38H31BrIN3O6S/c1-4-48-37(45)32-33(25-8-6-5-7-9-25)41-38-42(34(32)26-14-12-24(13-15-26)22(2)3)36(44)31(50-38)19-27-18-28(39)20-30(40)35(27)49-21-23-10-16-29(17-11-23)43(46)47/h5-20,22,34H,4,21H2,1-3H3/b31-19-/t34-/m0/s1. The Bertz CT molecular complexity index is 2300. The van der Waals surface area contributed by atoms with Crippen molar-refractivity contribution < 1.29 is 19.2 Å². The first-order valence-corrected chi connectivity index (χ1v) is 18.5. The van der Waals surface area contributed by atoms with Crippen LogP contribution in [0.5, 0.6) is 5.75 Å². The van der Waals surface area contributed by atoms with Crippen molar-refractivity contribution in [2.24, 2.45) is 4.99 Å². The number of halogens is 2. The van der Waals surface area contributed by atoms with Crippen molar-refractivity contribution in [3.63, 3.8) is 0 Å². The third-order valence-electron chi connectivity index (χ3n) is 8.15. The number of thiazole rings is 1. The van der Waals surface area contributed by atoms with Gasteiger partial charge >= 0.3 is 5.97 Å². The van der Waals surface area contributed by atoms with Crippen LogP contribution in [0.15, 0.2) is 111 Å². The fourth-order valence-electron chi connectivity index (χ4n) is 5.67. The van der Waals surface area contributed by atoms with Gasteiger partial charge in [0.2, 0.25) is 0 Å². The number of non-ortho nitro benzene ring substituents is 1. The van der Waals surface area contributed by atoms with E-state index >= 15 is 0 Å². The van der Waals surface area contributed by atoms with Crippen molar-refractivity contribution in [3.8, 4) is 5.75 Å². The average Bonchev–Trinajstić information content (AvgIpc) is 3.41. The minimum Gasteiger partial charge on any atom is -0.487 e. The molecule has 12 heteroatoms. The van der Waals surface area contributed by atoms with Crippen LogP contribution in [0.1, 0.15) is 60.5 Å². The molecule has 0 bridgehead atoms. The average molecular weight is 865 g/mol. The predicted molar refractivity (Wildman–Crippen MR) is 206 cm³/mol. The zero-order valence-electron chi connectivity index (χ0n) is 27.3. The smallest absolute Gasteiger partial charge is 0.338 e. The molecule has 4 aromatic carbocycles. The monoisotopic (exact) mass is 863 g/mol. The van der Waals surface area contributed by atoms with Crippen LogP contribution in [0, 0.1) is 13.7 Å². The van der Waals surface area contributed by atoms with Gasteiger partial charge in [-0.1, -0.05) is 95.7 Å². The maximum atomic E-state index is 14.5. The molecule has 6 rings (SSSR count). The third-order valence-corrected chi connectivity index (χ3v) is 10.4. The number of nitro benzene ring substituents is 1. The number of benzene rings is 4. The number of nitrogens with zero attached hydrogens (tertiary/aromatic N) is 3. The van der Waals surface area contributed by atoms with Crippen LogP contribution in [0.4, 0.5) is 5.69 Å². The second kappa shape index (κ2) is 15.2. The number of rotatable bonds is 10. The van der Waals surface area contributed by atoms with Gasteiger partial charge < -0.3 is 9.47 Å². The number of fused-ring (bicyclic) bond motifs is 1. The van der Waals surface area contributed by atoms with Gasteiger partial charge in [0.1, 0.15) is 12.4 Å². The van der Waals surface area contributed by atoms with Crippen LogP contribution in [0.2, 0.25) is 0 Å². The highest BCUT2D eigenvalue weighted by Gasteiger charge is 2.35. The molecule has 1 atom stereocenters. The predicted octanol–water partition coefficient (Wildman–Crippen LogP) is 7.91. The highest BCUT2D eigenvalue weighted by molar-refractivity contribution is 14.1. The summed E-state index contributed by atoms with van der Waals surface area (Å²) in [6, 6.07) is 26.6. The minimum atomic E-state index is -0.788. The van der Waals surface area contributed by atoms with Gasteiger partial charge in [0.25, 0.3) is 11.2 Å². The van der Waals surface area contributed by atoms with Crippen LogP contribution < -0.4 is 19.6 Å². The molecule has 9 nitrogen and oxygen atoms in total. The maximum absolute atomic E-state index is 14.5. The van der Waals surface area contributed by atoms with Crippen LogP contribution >= 0.6 is 49.9 Å². The molecule has 0 radical (unpaired) electrons. The maximum Gasteiger partial charge on any atom is 0.338 e.